The highest BCUT2D eigenvalue weighted by Gasteiger charge is 2.30. The summed E-state index contributed by atoms with van der Waals surface area (Å²) in [6.45, 7) is 9.52. The van der Waals surface area contributed by atoms with Crippen molar-refractivity contribution in [3.63, 3.8) is 0 Å². The molecule has 1 fully saturated rings. The van der Waals surface area contributed by atoms with Gasteiger partial charge in [0.25, 0.3) is 0 Å². The minimum absolute atomic E-state index is 0.0224. The lowest BCUT2D eigenvalue weighted by molar-refractivity contribution is -0.0552. The largest absolute Gasteiger partial charge is 0.465 e. The van der Waals surface area contributed by atoms with E-state index in [1.54, 1.807) is 0 Å². The second-order valence-electron chi connectivity index (χ2n) is 5.93. The molecule has 0 saturated carbocycles. The van der Waals surface area contributed by atoms with E-state index < -0.39 is 0 Å². The molecule has 0 aromatic heterocycles. The molecule has 4 heteroatoms. The molecule has 0 spiro atoms. The molecule has 1 aliphatic rings. The van der Waals surface area contributed by atoms with Crippen molar-refractivity contribution in [2.45, 2.75) is 32.9 Å². The standard InChI is InChI=1S/C16H23NO3/c1-12-5-6-13(9-14(12)15(18)19-4)10-17-7-8-20-11-16(17,2)3/h5-6,9H,7-8,10-11H2,1-4H3. The van der Waals surface area contributed by atoms with Crippen LogP contribution in [0.25, 0.3) is 0 Å². The maximum atomic E-state index is 11.8. The van der Waals surface area contributed by atoms with E-state index in [1.165, 1.54) is 7.11 Å². The predicted octanol–water partition coefficient (Wildman–Crippen LogP) is 2.39. The first-order valence-electron chi connectivity index (χ1n) is 6.95. The number of carbonyl (C=O) groups excluding carboxylic acids is 1. The Hall–Kier alpha value is -1.39. The van der Waals surface area contributed by atoms with Gasteiger partial charge in [-0.3, -0.25) is 4.90 Å². The normalized spacial score (nSPS) is 18.8. The maximum absolute atomic E-state index is 11.8. The van der Waals surface area contributed by atoms with Gasteiger partial charge in [-0.2, -0.15) is 0 Å². The number of benzene rings is 1. The first-order valence-corrected chi connectivity index (χ1v) is 6.95. The van der Waals surface area contributed by atoms with Crippen molar-refractivity contribution in [1.82, 2.24) is 4.90 Å². The molecular formula is C16H23NO3. The number of hydrogen-bond donors (Lipinski definition) is 0. The highest BCUT2D eigenvalue weighted by atomic mass is 16.5. The van der Waals surface area contributed by atoms with E-state index in [4.69, 9.17) is 9.47 Å². The SMILES string of the molecule is COC(=O)c1cc(CN2CCOCC2(C)C)ccc1C. The summed E-state index contributed by atoms with van der Waals surface area (Å²) in [7, 11) is 1.42. The third-order valence-corrected chi connectivity index (χ3v) is 3.90. The topological polar surface area (TPSA) is 38.8 Å². The highest BCUT2D eigenvalue weighted by Crippen LogP contribution is 2.22. The molecule has 110 valence electrons. The van der Waals surface area contributed by atoms with Crippen LogP contribution in [0, 0.1) is 6.92 Å². The Bertz CT molecular complexity index is 496. The van der Waals surface area contributed by atoms with Crippen LogP contribution in [0.15, 0.2) is 18.2 Å². The van der Waals surface area contributed by atoms with Gasteiger partial charge in [-0.05, 0) is 38.0 Å². The van der Waals surface area contributed by atoms with Crippen LogP contribution in [-0.4, -0.2) is 43.3 Å². The van der Waals surface area contributed by atoms with Crippen LogP contribution in [0.3, 0.4) is 0 Å². The van der Waals surface area contributed by atoms with Gasteiger partial charge < -0.3 is 9.47 Å². The summed E-state index contributed by atoms with van der Waals surface area (Å²) < 4.78 is 10.4. The number of methoxy groups -OCH3 is 1. The van der Waals surface area contributed by atoms with Crippen molar-refractivity contribution >= 4 is 5.97 Å². The van der Waals surface area contributed by atoms with Gasteiger partial charge in [0.15, 0.2) is 0 Å². The molecule has 0 unspecified atom stereocenters. The number of esters is 1. The van der Waals surface area contributed by atoms with Crippen molar-refractivity contribution in [1.29, 1.82) is 0 Å². The van der Waals surface area contributed by atoms with Crippen LogP contribution in [0.1, 0.15) is 35.3 Å². The van der Waals surface area contributed by atoms with Crippen molar-refractivity contribution < 1.29 is 14.3 Å². The zero-order valence-corrected chi connectivity index (χ0v) is 12.7. The Morgan fingerprint density at radius 1 is 1.45 bits per heavy atom. The second-order valence-corrected chi connectivity index (χ2v) is 5.93. The van der Waals surface area contributed by atoms with E-state index in [9.17, 15) is 4.79 Å². The number of carbonyl (C=O) groups is 1. The van der Waals surface area contributed by atoms with E-state index in [-0.39, 0.29) is 11.5 Å². The molecule has 1 aromatic rings. The quantitative estimate of drug-likeness (QED) is 0.795. The van der Waals surface area contributed by atoms with E-state index in [0.29, 0.717) is 5.56 Å². The lowest BCUT2D eigenvalue weighted by Gasteiger charge is -2.42. The van der Waals surface area contributed by atoms with Crippen LogP contribution in [0.2, 0.25) is 0 Å². The van der Waals surface area contributed by atoms with Crippen LogP contribution in [-0.2, 0) is 16.0 Å². The molecule has 0 bridgehead atoms. The first kappa shape index (κ1) is 15.0. The Morgan fingerprint density at radius 2 is 2.20 bits per heavy atom. The van der Waals surface area contributed by atoms with Crippen molar-refractivity contribution in [3.05, 3.63) is 34.9 Å². The summed E-state index contributed by atoms with van der Waals surface area (Å²) in [5.41, 5.74) is 2.75. The van der Waals surface area contributed by atoms with Crippen LogP contribution in [0.5, 0.6) is 0 Å². The molecule has 1 aromatic carbocycles. The van der Waals surface area contributed by atoms with Crippen molar-refractivity contribution in [2.75, 3.05) is 26.9 Å². The Labute approximate surface area is 120 Å². The fourth-order valence-electron chi connectivity index (χ4n) is 2.50. The second kappa shape index (κ2) is 5.94. The number of morpholine rings is 1. The lowest BCUT2D eigenvalue weighted by Crippen LogP contribution is -2.52. The maximum Gasteiger partial charge on any atom is 0.338 e. The van der Waals surface area contributed by atoms with E-state index in [1.807, 2.05) is 19.1 Å². The molecular weight excluding hydrogens is 254 g/mol. The number of aryl methyl sites for hydroxylation is 1. The van der Waals surface area contributed by atoms with E-state index in [0.717, 1.165) is 37.4 Å². The highest BCUT2D eigenvalue weighted by molar-refractivity contribution is 5.91. The van der Waals surface area contributed by atoms with Crippen molar-refractivity contribution in [3.8, 4) is 0 Å². The molecule has 0 N–H and O–H groups in total. The summed E-state index contributed by atoms with van der Waals surface area (Å²) >= 11 is 0. The van der Waals surface area contributed by atoms with E-state index >= 15 is 0 Å². The number of ether oxygens (including phenoxy) is 2. The zero-order chi connectivity index (χ0) is 14.8. The predicted molar refractivity (Wildman–Crippen MR) is 77.8 cm³/mol. The molecule has 1 heterocycles. The number of rotatable bonds is 3. The van der Waals surface area contributed by atoms with Gasteiger partial charge in [0.1, 0.15) is 0 Å². The fraction of sp³-hybridized carbons (Fsp3) is 0.562. The smallest absolute Gasteiger partial charge is 0.338 e. The van der Waals surface area contributed by atoms with Gasteiger partial charge in [0, 0.05) is 18.6 Å². The van der Waals surface area contributed by atoms with E-state index in [2.05, 4.69) is 24.8 Å². The third-order valence-electron chi connectivity index (χ3n) is 3.90. The molecule has 1 saturated heterocycles. The molecule has 1 aliphatic heterocycles. The van der Waals surface area contributed by atoms with Gasteiger partial charge in [-0.25, -0.2) is 4.79 Å². The molecule has 2 rings (SSSR count). The molecule has 0 amide bonds. The number of nitrogens with zero attached hydrogens (tertiary/aromatic N) is 1. The minimum atomic E-state index is -0.273. The average Bonchev–Trinajstić information content (AvgIpc) is 2.42. The van der Waals surface area contributed by atoms with Gasteiger partial charge in [-0.1, -0.05) is 12.1 Å². The summed E-state index contributed by atoms with van der Waals surface area (Å²) in [5.74, 6) is -0.273. The molecule has 4 nitrogen and oxygen atoms in total. The first-order chi connectivity index (χ1) is 9.44. The molecule has 0 aliphatic carbocycles. The Kier molecular flexibility index (Phi) is 4.45. The fourth-order valence-corrected chi connectivity index (χ4v) is 2.50. The summed E-state index contributed by atoms with van der Waals surface area (Å²) in [4.78, 5) is 14.1. The summed E-state index contributed by atoms with van der Waals surface area (Å²) in [6.07, 6.45) is 0. The zero-order valence-electron chi connectivity index (χ0n) is 12.7. The summed E-state index contributed by atoms with van der Waals surface area (Å²) in [6, 6.07) is 6.00. The van der Waals surface area contributed by atoms with Crippen LogP contribution < -0.4 is 0 Å². The van der Waals surface area contributed by atoms with Gasteiger partial charge in [0.05, 0.1) is 25.9 Å². The Morgan fingerprint density at radius 3 is 2.85 bits per heavy atom. The number of hydrogen-bond acceptors (Lipinski definition) is 4. The Balaban J connectivity index is 2.19. The van der Waals surface area contributed by atoms with Gasteiger partial charge in [0.2, 0.25) is 0 Å². The molecule has 20 heavy (non-hydrogen) atoms. The van der Waals surface area contributed by atoms with Gasteiger partial charge in [-0.15, -0.1) is 0 Å². The lowest BCUT2D eigenvalue weighted by atomic mass is 9.99. The summed E-state index contributed by atoms with van der Waals surface area (Å²) in [5, 5.41) is 0. The van der Waals surface area contributed by atoms with Gasteiger partial charge >= 0.3 is 5.97 Å². The molecule has 0 radical (unpaired) electrons. The van der Waals surface area contributed by atoms with Crippen LogP contribution >= 0.6 is 0 Å². The monoisotopic (exact) mass is 277 g/mol. The minimum Gasteiger partial charge on any atom is -0.465 e. The van der Waals surface area contributed by atoms with Crippen molar-refractivity contribution in [2.24, 2.45) is 0 Å². The molecule has 0 atom stereocenters. The van der Waals surface area contributed by atoms with Crippen LogP contribution in [0.4, 0.5) is 0 Å². The average molecular weight is 277 g/mol. The third kappa shape index (κ3) is 3.19.